The third-order valence-corrected chi connectivity index (χ3v) is 8.21. The molecule has 1 saturated carbocycles. The van der Waals surface area contributed by atoms with Crippen LogP contribution in [0.3, 0.4) is 0 Å². The second kappa shape index (κ2) is 12.8. The monoisotopic (exact) mass is 490 g/mol. The lowest BCUT2D eigenvalue weighted by Crippen LogP contribution is -2.54. The van der Waals surface area contributed by atoms with Crippen molar-refractivity contribution in [3.05, 3.63) is 72.8 Å². The summed E-state index contributed by atoms with van der Waals surface area (Å²) in [4.78, 5) is 5.05. The van der Waals surface area contributed by atoms with Crippen LogP contribution in [0.1, 0.15) is 50.0 Å². The van der Waals surface area contributed by atoms with Crippen molar-refractivity contribution in [1.82, 2.24) is 9.80 Å². The summed E-state index contributed by atoms with van der Waals surface area (Å²) in [6.07, 6.45) is 9.91. The van der Waals surface area contributed by atoms with Gasteiger partial charge < -0.3 is 19.1 Å². The van der Waals surface area contributed by atoms with Gasteiger partial charge >= 0.3 is 0 Å². The highest BCUT2D eigenvalue weighted by molar-refractivity contribution is 5.40. The minimum atomic E-state index is 0.00195. The van der Waals surface area contributed by atoms with E-state index in [1.807, 2.05) is 30.3 Å². The normalized spacial score (nSPS) is 23.2. The molecule has 36 heavy (non-hydrogen) atoms. The van der Waals surface area contributed by atoms with Crippen molar-refractivity contribution in [2.75, 3.05) is 45.9 Å². The van der Waals surface area contributed by atoms with E-state index in [4.69, 9.17) is 14.2 Å². The number of nitrogens with zero attached hydrogens (tertiary/aromatic N) is 2. The number of hydrogen-bond acceptors (Lipinski definition) is 5. The average molecular weight is 491 g/mol. The lowest BCUT2D eigenvalue weighted by Gasteiger charge is -2.41. The van der Waals surface area contributed by atoms with Gasteiger partial charge in [0.15, 0.2) is 17.7 Å². The molecule has 2 heterocycles. The maximum atomic E-state index is 6.54. The Bertz CT molecular complexity index is 938. The first-order valence-electron chi connectivity index (χ1n) is 13.9. The van der Waals surface area contributed by atoms with Gasteiger partial charge in [-0.15, -0.1) is 6.58 Å². The summed E-state index contributed by atoms with van der Waals surface area (Å²) in [6, 6.07) is 19.0. The van der Waals surface area contributed by atoms with Gasteiger partial charge in [-0.05, 0) is 49.4 Å². The molecule has 0 N–H and O–H groups in total. The molecule has 2 fully saturated rings. The zero-order valence-corrected chi connectivity index (χ0v) is 21.6. The fourth-order valence-corrected chi connectivity index (χ4v) is 6.23. The number of piperazine rings is 1. The fourth-order valence-electron chi connectivity index (χ4n) is 6.23. The van der Waals surface area contributed by atoms with Crippen LogP contribution in [0.2, 0.25) is 0 Å². The molecule has 2 aromatic rings. The van der Waals surface area contributed by atoms with Gasteiger partial charge in [0, 0.05) is 32.1 Å². The largest absolute Gasteiger partial charge is 0.484 e. The lowest BCUT2D eigenvalue weighted by atomic mass is 9.76. The van der Waals surface area contributed by atoms with Gasteiger partial charge in [-0.2, -0.15) is 0 Å². The van der Waals surface area contributed by atoms with Crippen LogP contribution in [-0.4, -0.2) is 68.1 Å². The molecule has 0 aromatic heterocycles. The Hall–Kier alpha value is -2.34. The molecule has 5 rings (SSSR count). The van der Waals surface area contributed by atoms with E-state index in [2.05, 4.69) is 46.7 Å². The van der Waals surface area contributed by atoms with Gasteiger partial charge in [0.2, 0.25) is 0 Å². The second-order valence-electron chi connectivity index (χ2n) is 10.5. The molecule has 0 amide bonds. The van der Waals surface area contributed by atoms with Crippen LogP contribution >= 0.6 is 0 Å². The van der Waals surface area contributed by atoms with Crippen LogP contribution in [0.15, 0.2) is 67.3 Å². The standard InChI is InChI=1S/C31H42N2O3/c1-2-23-34-31(26-13-7-4-8-14-26)27(25-11-5-3-6-12-25)17-18-32-19-21-33(22-20-32)30-24-35-28-15-9-10-16-29(28)36-30/h2-3,5-6,9-12,15-16,26-27,30-31H,1,4,7-8,13-14,17-24H2. The lowest BCUT2D eigenvalue weighted by molar-refractivity contribution is -0.0508. The molecular formula is C31H42N2O3. The van der Waals surface area contributed by atoms with Crippen LogP contribution in [0, 0.1) is 5.92 Å². The van der Waals surface area contributed by atoms with Crippen molar-refractivity contribution in [1.29, 1.82) is 0 Å². The van der Waals surface area contributed by atoms with Crippen molar-refractivity contribution in [2.24, 2.45) is 5.92 Å². The molecule has 0 spiro atoms. The number of benzene rings is 2. The number of fused-ring (bicyclic) bond motifs is 1. The van der Waals surface area contributed by atoms with Crippen LogP contribution in [0.4, 0.5) is 0 Å². The maximum absolute atomic E-state index is 6.54. The number of rotatable bonds is 10. The van der Waals surface area contributed by atoms with Crippen molar-refractivity contribution >= 4 is 0 Å². The van der Waals surface area contributed by atoms with E-state index in [0.717, 1.165) is 50.6 Å². The van der Waals surface area contributed by atoms with Gasteiger partial charge in [0.05, 0.1) is 12.7 Å². The summed E-state index contributed by atoms with van der Waals surface area (Å²) in [5, 5.41) is 0. The van der Waals surface area contributed by atoms with Gasteiger partial charge in [-0.3, -0.25) is 4.90 Å². The van der Waals surface area contributed by atoms with Crippen molar-refractivity contribution in [3.8, 4) is 11.5 Å². The van der Waals surface area contributed by atoms with Crippen LogP contribution in [0.5, 0.6) is 11.5 Å². The molecule has 194 valence electrons. The van der Waals surface area contributed by atoms with Crippen molar-refractivity contribution in [2.45, 2.75) is 56.8 Å². The Labute approximate surface area is 217 Å². The molecule has 0 radical (unpaired) electrons. The fraction of sp³-hybridized carbons (Fsp3) is 0.548. The molecule has 3 unspecified atom stereocenters. The Morgan fingerprint density at radius 1 is 0.917 bits per heavy atom. The van der Waals surface area contributed by atoms with E-state index in [1.165, 1.54) is 37.7 Å². The molecular weight excluding hydrogens is 448 g/mol. The van der Waals surface area contributed by atoms with Crippen molar-refractivity contribution in [3.63, 3.8) is 0 Å². The summed E-state index contributed by atoms with van der Waals surface area (Å²) < 4.78 is 18.8. The Balaban J connectivity index is 1.19. The van der Waals surface area contributed by atoms with E-state index in [-0.39, 0.29) is 12.3 Å². The quantitative estimate of drug-likeness (QED) is 0.398. The van der Waals surface area contributed by atoms with Gasteiger partial charge in [0.1, 0.15) is 6.61 Å². The molecule has 1 saturated heterocycles. The summed E-state index contributed by atoms with van der Waals surface area (Å²) in [6.45, 7) is 10.4. The first-order valence-corrected chi connectivity index (χ1v) is 13.9. The van der Waals surface area contributed by atoms with Crippen LogP contribution in [-0.2, 0) is 4.74 Å². The minimum Gasteiger partial charge on any atom is -0.484 e. The summed E-state index contributed by atoms with van der Waals surface area (Å²) in [5.74, 6) is 2.77. The Kier molecular flexibility index (Phi) is 8.97. The van der Waals surface area contributed by atoms with Crippen LogP contribution in [0.25, 0.3) is 0 Å². The number of ether oxygens (including phenoxy) is 3. The first kappa shape index (κ1) is 25.3. The third kappa shape index (κ3) is 6.31. The van der Waals surface area contributed by atoms with E-state index >= 15 is 0 Å². The van der Waals surface area contributed by atoms with Gasteiger partial charge in [0.25, 0.3) is 0 Å². The highest BCUT2D eigenvalue weighted by atomic mass is 16.6. The van der Waals surface area contributed by atoms with Gasteiger partial charge in [-0.1, -0.05) is 67.8 Å². The molecule has 0 bridgehead atoms. The smallest absolute Gasteiger partial charge is 0.187 e. The first-order chi connectivity index (χ1) is 17.8. The molecule has 5 heteroatoms. The van der Waals surface area contributed by atoms with E-state index < -0.39 is 0 Å². The number of para-hydroxylation sites is 2. The SMILES string of the molecule is C=CCOC(C1CCCCC1)C(CCN1CCN(C2COc3ccccc3O2)CC1)c1ccccc1. The summed E-state index contributed by atoms with van der Waals surface area (Å²) >= 11 is 0. The predicted molar refractivity (Wildman–Crippen MR) is 145 cm³/mol. The topological polar surface area (TPSA) is 34.2 Å². The maximum Gasteiger partial charge on any atom is 0.187 e. The molecule has 2 aliphatic heterocycles. The molecule has 2 aromatic carbocycles. The van der Waals surface area contributed by atoms with Gasteiger partial charge in [-0.25, -0.2) is 0 Å². The van der Waals surface area contributed by atoms with E-state index in [0.29, 0.717) is 25.0 Å². The minimum absolute atomic E-state index is 0.00195. The Morgan fingerprint density at radius 3 is 2.39 bits per heavy atom. The molecule has 3 atom stereocenters. The third-order valence-electron chi connectivity index (χ3n) is 8.21. The molecule has 3 aliphatic rings. The zero-order chi connectivity index (χ0) is 24.6. The van der Waals surface area contributed by atoms with E-state index in [9.17, 15) is 0 Å². The molecule has 5 nitrogen and oxygen atoms in total. The van der Waals surface area contributed by atoms with Crippen LogP contribution < -0.4 is 9.47 Å². The predicted octanol–water partition coefficient (Wildman–Crippen LogP) is 5.73. The molecule has 1 aliphatic carbocycles. The second-order valence-corrected chi connectivity index (χ2v) is 10.5. The number of hydrogen-bond donors (Lipinski definition) is 0. The summed E-state index contributed by atoms with van der Waals surface area (Å²) in [7, 11) is 0. The zero-order valence-electron chi connectivity index (χ0n) is 21.6. The highest BCUT2D eigenvalue weighted by Crippen LogP contribution is 2.38. The van der Waals surface area contributed by atoms with Crippen molar-refractivity contribution < 1.29 is 14.2 Å². The van der Waals surface area contributed by atoms with E-state index in [1.54, 1.807) is 0 Å². The highest BCUT2D eigenvalue weighted by Gasteiger charge is 2.34. The summed E-state index contributed by atoms with van der Waals surface area (Å²) in [5.41, 5.74) is 1.42. The average Bonchev–Trinajstić information content (AvgIpc) is 2.96. The Morgan fingerprint density at radius 2 is 1.64 bits per heavy atom.